The lowest BCUT2D eigenvalue weighted by Crippen LogP contribution is -2.31. The van der Waals surface area contributed by atoms with Gasteiger partial charge in [0.05, 0.1) is 22.4 Å². The Morgan fingerprint density at radius 1 is 0.794 bits per heavy atom. The first-order valence-corrected chi connectivity index (χ1v) is 11.6. The van der Waals surface area contributed by atoms with E-state index in [1.165, 1.54) is 5.39 Å². The van der Waals surface area contributed by atoms with E-state index in [-0.39, 0.29) is 5.92 Å². The molecular weight excluding hydrogens is 412 g/mol. The SMILES string of the molecule is C=C/C=c1\c(=C)c(C2C=CC=CC2)nc2cc3nc(-c4ccccc4)c4ccccc4c3cc12. The number of aromatic nitrogens is 2. The molecule has 1 unspecified atom stereocenters. The van der Waals surface area contributed by atoms with Gasteiger partial charge >= 0.3 is 0 Å². The first-order valence-electron chi connectivity index (χ1n) is 11.6. The lowest BCUT2D eigenvalue weighted by Gasteiger charge is -2.16. The molecule has 0 N–H and O–H groups in total. The minimum absolute atomic E-state index is 0.221. The summed E-state index contributed by atoms with van der Waals surface area (Å²) in [4.78, 5) is 10.3. The topological polar surface area (TPSA) is 25.8 Å². The van der Waals surface area contributed by atoms with Crippen molar-refractivity contribution >= 4 is 45.2 Å². The van der Waals surface area contributed by atoms with Gasteiger partial charge in [0.25, 0.3) is 0 Å². The first-order chi connectivity index (χ1) is 16.7. The first kappa shape index (κ1) is 20.3. The van der Waals surface area contributed by atoms with Crippen molar-refractivity contribution in [3.8, 4) is 11.3 Å². The van der Waals surface area contributed by atoms with Crippen LogP contribution in [0.1, 0.15) is 18.0 Å². The third-order valence-electron chi connectivity index (χ3n) is 6.65. The highest BCUT2D eigenvalue weighted by molar-refractivity contribution is 6.13. The Labute approximate surface area is 198 Å². The quantitative estimate of drug-likeness (QED) is 0.236. The van der Waals surface area contributed by atoms with Gasteiger partial charge in [-0.1, -0.05) is 104 Å². The standard InChI is InChI=1S/C32H24N2/c1-3-12-24-21(2)31(22-13-6-4-7-14-22)33-29-20-30-28(19-27(24)29)25-17-10-11-18-26(25)32(34-30)23-15-8-5-9-16-23/h3-13,15-20,22H,1-2,14H2/b24-12+. The van der Waals surface area contributed by atoms with Gasteiger partial charge in [-0.25, -0.2) is 4.98 Å². The van der Waals surface area contributed by atoms with Crippen LogP contribution in [0.4, 0.5) is 0 Å². The van der Waals surface area contributed by atoms with E-state index >= 15 is 0 Å². The van der Waals surface area contributed by atoms with E-state index in [4.69, 9.17) is 9.97 Å². The van der Waals surface area contributed by atoms with Crippen LogP contribution in [-0.2, 0) is 0 Å². The maximum Gasteiger partial charge on any atom is 0.0788 e. The average molecular weight is 437 g/mol. The highest BCUT2D eigenvalue weighted by Crippen LogP contribution is 2.33. The van der Waals surface area contributed by atoms with Crippen LogP contribution in [0, 0.1) is 0 Å². The van der Waals surface area contributed by atoms with E-state index in [9.17, 15) is 0 Å². The second kappa shape index (κ2) is 8.24. The molecule has 2 nitrogen and oxygen atoms in total. The molecule has 0 bridgehead atoms. The molecule has 1 aliphatic carbocycles. The van der Waals surface area contributed by atoms with Gasteiger partial charge in [-0.2, -0.15) is 0 Å². The fraction of sp³-hybridized carbons (Fsp3) is 0.0625. The smallest absolute Gasteiger partial charge is 0.0788 e. The van der Waals surface area contributed by atoms with Crippen molar-refractivity contribution in [2.24, 2.45) is 0 Å². The van der Waals surface area contributed by atoms with Gasteiger partial charge in [-0.3, -0.25) is 4.98 Å². The zero-order valence-electron chi connectivity index (χ0n) is 18.9. The molecule has 0 fully saturated rings. The molecular formula is C32H24N2. The zero-order valence-corrected chi connectivity index (χ0v) is 18.9. The fourth-order valence-corrected chi connectivity index (χ4v) is 5.01. The van der Waals surface area contributed by atoms with E-state index in [1.54, 1.807) is 0 Å². The largest absolute Gasteiger partial charge is 0.251 e. The Kier molecular flexibility index (Phi) is 4.92. The Morgan fingerprint density at radius 2 is 1.56 bits per heavy atom. The van der Waals surface area contributed by atoms with Crippen molar-refractivity contribution in [3.63, 3.8) is 0 Å². The van der Waals surface area contributed by atoms with Crippen LogP contribution < -0.4 is 10.4 Å². The summed E-state index contributed by atoms with van der Waals surface area (Å²) in [5.74, 6) is 0.221. The van der Waals surface area contributed by atoms with E-state index in [0.717, 1.165) is 61.0 Å². The van der Waals surface area contributed by atoms with E-state index in [0.29, 0.717) is 0 Å². The van der Waals surface area contributed by atoms with Crippen LogP contribution >= 0.6 is 0 Å². The van der Waals surface area contributed by atoms with Crippen LogP contribution in [-0.4, -0.2) is 9.97 Å². The third-order valence-corrected chi connectivity index (χ3v) is 6.65. The van der Waals surface area contributed by atoms with Crippen LogP contribution in [0.15, 0.2) is 104 Å². The molecule has 6 rings (SSSR count). The van der Waals surface area contributed by atoms with Gasteiger partial charge in [-0.15, -0.1) is 0 Å². The van der Waals surface area contributed by atoms with Crippen molar-refractivity contribution in [2.45, 2.75) is 12.3 Å². The summed E-state index contributed by atoms with van der Waals surface area (Å²) in [6, 6.07) is 23.3. The van der Waals surface area contributed by atoms with Gasteiger partial charge in [-0.05, 0) is 34.4 Å². The fourth-order valence-electron chi connectivity index (χ4n) is 5.01. The number of allylic oxidation sites excluding steroid dienone is 5. The van der Waals surface area contributed by atoms with Crippen molar-refractivity contribution in [1.82, 2.24) is 9.97 Å². The molecule has 34 heavy (non-hydrogen) atoms. The number of pyridine rings is 2. The average Bonchev–Trinajstić information content (AvgIpc) is 2.90. The Balaban J connectivity index is 1.73. The lowest BCUT2D eigenvalue weighted by molar-refractivity contribution is 0.813. The van der Waals surface area contributed by atoms with Gasteiger partial charge in [0.2, 0.25) is 0 Å². The summed E-state index contributed by atoms with van der Waals surface area (Å²) in [5, 5.41) is 6.58. The molecule has 0 aliphatic heterocycles. The van der Waals surface area contributed by atoms with Crippen LogP contribution in [0.5, 0.6) is 0 Å². The zero-order chi connectivity index (χ0) is 23.1. The summed E-state index contributed by atoms with van der Waals surface area (Å²) >= 11 is 0. The lowest BCUT2D eigenvalue weighted by atomic mass is 9.93. The van der Waals surface area contributed by atoms with Crippen molar-refractivity contribution in [1.29, 1.82) is 0 Å². The number of fused-ring (bicyclic) bond motifs is 4. The molecule has 3 aromatic carbocycles. The second-order valence-corrected chi connectivity index (χ2v) is 8.71. The summed E-state index contributed by atoms with van der Waals surface area (Å²) in [5.41, 5.74) is 5.01. The molecule has 5 aromatic rings. The minimum atomic E-state index is 0.221. The van der Waals surface area contributed by atoms with Crippen LogP contribution in [0.3, 0.4) is 0 Å². The summed E-state index contributed by atoms with van der Waals surface area (Å²) in [7, 11) is 0. The molecule has 162 valence electrons. The summed E-state index contributed by atoms with van der Waals surface area (Å²) in [6.07, 6.45) is 13.4. The van der Waals surface area contributed by atoms with E-state index < -0.39 is 0 Å². The predicted octanol–water partition coefficient (Wildman–Crippen LogP) is 6.58. The van der Waals surface area contributed by atoms with Crippen molar-refractivity contribution in [3.05, 3.63) is 120 Å². The molecule has 2 heterocycles. The molecule has 1 aliphatic rings. The number of nitrogens with zero attached hydrogens (tertiary/aromatic N) is 2. The van der Waals surface area contributed by atoms with Crippen molar-refractivity contribution < 1.29 is 0 Å². The third kappa shape index (κ3) is 3.27. The normalized spacial score (nSPS) is 16.0. The molecule has 2 heteroatoms. The maximum atomic E-state index is 5.15. The number of hydrogen-bond acceptors (Lipinski definition) is 2. The Hall–Kier alpha value is -4.30. The molecule has 2 aromatic heterocycles. The van der Waals surface area contributed by atoms with Gasteiger partial charge < -0.3 is 0 Å². The Morgan fingerprint density at radius 3 is 2.32 bits per heavy atom. The van der Waals surface area contributed by atoms with E-state index in [2.05, 4.69) is 104 Å². The Bertz CT molecular complexity index is 1760. The second-order valence-electron chi connectivity index (χ2n) is 8.71. The number of benzene rings is 3. The van der Waals surface area contributed by atoms with Gasteiger partial charge in [0, 0.05) is 27.6 Å². The number of rotatable bonds is 3. The molecule has 1 atom stereocenters. The molecule has 0 spiro atoms. The molecule has 0 saturated heterocycles. The maximum absolute atomic E-state index is 5.15. The minimum Gasteiger partial charge on any atom is -0.251 e. The van der Waals surface area contributed by atoms with Gasteiger partial charge in [0.1, 0.15) is 0 Å². The van der Waals surface area contributed by atoms with E-state index in [1.807, 2.05) is 12.1 Å². The number of hydrogen-bond donors (Lipinski definition) is 0. The summed E-state index contributed by atoms with van der Waals surface area (Å²) in [6.45, 7) is 8.41. The highest BCUT2D eigenvalue weighted by atomic mass is 14.7. The van der Waals surface area contributed by atoms with Crippen LogP contribution in [0.25, 0.3) is 56.5 Å². The van der Waals surface area contributed by atoms with Crippen LogP contribution in [0.2, 0.25) is 0 Å². The molecule has 0 radical (unpaired) electrons. The summed E-state index contributed by atoms with van der Waals surface area (Å²) < 4.78 is 0. The van der Waals surface area contributed by atoms with Crippen molar-refractivity contribution in [2.75, 3.05) is 0 Å². The highest BCUT2D eigenvalue weighted by Gasteiger charge is 2.16. The molecule has 0 saturated carbocycles. The monoisotopic (exact) mass is 436 g/mol. The molecule has 0 amide bonds. The predicted molar refractivity (Wildman–Crippen MR) is 145 cm³/mol. The van der Waals surface area contributed by atoms with Gasteiger partial charge in [0.15, 0.2) is 0 Å².